The van der Waals surface area contributed by atoms with Crippen LogP contribution in [0.15, 0.2) is 66.7 Å². The number of hydrogen-bond donors (Lipinski definition) is 3. The predicted octanol–water partition coefficient (Wildman–Crippen LogP) is 4.22. The molecule has 1 fully saturated rings. The number of methoxy groups -OCH3 is 1. The maximum Gasteiger partial charge on any atom is 0.321 e. The van der Waals surface area contributed by atoms with Crippen molar-refractivity contribution in [3.05, 3.63) is 89.5 Å². The first-order valence-electron chi connectivity index (χ1n) is 12.8. The average Bonchev–Trinajstić information content (AvgIpc) is 3.20. The van der Waals surface area contributed by atoms with E-state index in [0.717, 1.165) is 5.56 Å². The zero-order valence-electron chi connectivity index (χ0n) is 22.1. The van der Waals surface area contributed by atoms with Gasteiger partial charge in [-0.05, 0) is 54.4 Å². The summed E-state index contributed by atoms with van der Waals surface area (Å²) in [6.07, 6.45) is 0.619. The van der Waals surface area contributed by atoms with E-state index >= 15 is 0 Å². The van der Waals surface area contributed by atoms with Crippen LogP contribution in [0.4, 0.5) is 30.6 Å². The van der Waals surface area contributed by atoms with Gasteiger partial charge in [0.2, 0.25) is 5.91 Å². The number of halogens is 2. The van der Waals surface area contributed by atoms with Gasteiger partial charge in [-0.3, -0.25) is 9.59 Å². The second-order valence-corrected chi connectivity index (χ2v) is 9.26. The number of benzene rings is 3. The first-order valence-corrected chi connectivity index (χ1v) is 12.8. The van der Waals surface area contributed by atoms with Crippen molar-refractivity contribution in [2.75, 3.05) is 55.4 Å². The molecule has 0 aliphatic carbocycles. The predicted molar refractivity (Wildman–Crippen MR) is 148 cm³/mol. The van der Waals surface area contributed by atoms with E-state index in [9.17, 15) is 23.2 Å². The fourth-order valence-corrected chi connectivity index (χ4v) is 4.40. The van der Waals surface area contributed by atoms with Crippen LogP contribution < -0.4 is 20.9 Å². The Labute approximate surface area is 231 Å². The van der Waals surface area contributed by atoms with Crippen molar-refractivity contribution in [3.8, 4) is 0 Å². The van der Waals surface area contributed by atoms with E-state index in [1.54, 1.807) is 47.4 Å². The lowest BCUT2D eigenvalue weighted by Crippen LogP contribution is -2.38. The molecule has 3 aromatic rings. The number of ether oxygens (including phenoxy) is 1. The second-order valence-electron chi connectivity index (χ2n) is 9.26. The highest BCUT2D eigenvalue weighted by Crippen LogP contribution is 2.26. The largest absolute Gasteiger partial charge is 0.375 e. The van der Waals surface area contributed by atoms with Crippen LogP contribution in [-0.4, -0.2) is 62.6 Å². The Kier molecular flexibility index (Phi) is 9.63. The third-order valence-corrected chi connectivity index (χ3v) is 6.41. The molecule has 0 saturated carbocycles. The van der Waals surface area contributed by atoms with Crippen LogP contribution >= 0.6 is 0 Å². The average molecular weight is 552 g/mol. The summed E-state index contributed by atoms with van der Waals surface area (Å²) in [7, 11) is 1.41. The minimum atomic E-state index is -0.513. The van der Waals surface area contributed by atoms with Gasteiger partial charge < -0.3 is 30.5 Å². The number of carbonyl (C=O) groups excluding carboxylic acids is 3. The molecule has 9 nitrogen and oxygen atoms in total. The third kappa shape index (κ3) is 7.54. The molecule has 4 amide bonds. The summed E-state index contributed by atoms with van der Waals surface area (Å²) in [6.45, 7) is 1.85. The summed E-state index contributed by atoms with van der Waals surface area (Å²) in [6, 6.07) is 16.5. The molecular formula is C29H31F2N5O4. The Hall–Kier alpha value is -4.51. The number of carbonyl (C=O) groups is 3. The Bertz CT molecular complexity index is 1350. The summed E-state index contributed by atoms with van der Waals surface area (Å²) in [5, 5.41) is 8.19. The van der Waals surface area contributed by atoms with Gasteiger partial charge in [-0.2, -0.15) is 0 Å². The highest BCUT2D eigenvalue weighted by Gasteiger charge is 2.23. The van der Waals surface area contributed by atoms with Gasteiger partial charge in [0.15, 0.2) is 0 Å². The van der Waals surface area contributed by atoms with Crippen molar-refractivity contribution in [1.82, 2.24) is 10.2 Å². The van der Waals surface area contributed by atoms with Crippen molar-refractivity contribution >= 4 is 34.9 Å². The lowest BCUT2D eigenvalue weighted by Gasteiger charge is -2.26. The van der Waals surface area contributed by atoms with E-state index in [2.05, 4.69) is 16.0 Å². The van der Waals surface area contributed by atoms with Crippen molar-refractivity contribution in [1.29, 1.82) is 0 Å². The smallest absolute Gasteiger partial charge is 0.321 e. The van der Waals surface area contributed by atoms with Crippen LogP contribution in [0, 0.1) is 11.6 Å². The highest BCUT2D eigenvalue weighted by atomic mass is 19.1. The first-order chi connectivity index (χ1) is 19.3. The maximum atomic E-state index is 14.0. The van der Waals surface area contributed by atoms with E-state index in [-0.39, 0.29) is 36.5 Å². The fourth-order valence-electron chi connectivity index (χ4n) is 4.40. The highest BCUT2D eigenvalue weighted by molar-refractivity contribution is 6.02. The minimum Gasteiger partial charge on any atom is -0.375 e. The number of rotatable bonds is 8. The Balaban J connectivity index is 1.50. The number of nitrogens with zero attached hydrogens (tertiary/aromatic N) is 2. The molecule has 1 heterocycles. The van der Waals surface area contributed by atoms with E-state index in [4.69, 9.17) is 4.74 Å². The SMILES string of the molecule is COCC(=O)Nc1ccc(N2CCCN(C(=O)Nc3ccccc3F)CC2)c(C(=O)NCc2ccc(F)cc2)c1. The summed E-state index contributed by atoms with van der Waals surface area (Å²) in [4.78, 5) is 41.9. The molecule has 40 heavy (non-hydrogen) atoms. The molecule has 1 aliphatic heterocycles. The molecule has 0 atom stereocenters. The van der Waals surface area contributed by atoms with Crippen LogP contribution in [0.1, 0.15) is 22.3 Å². The number of amides is 4. The van der Waals surface area contributed by atoms with E-state index in [1.807, 2.05) is 4.90 Å². The summed E-state index contributed by atoms with van der Waals surface area (Å²) < 4.78 is 32.2. The fraction of sp³-hybridized carbons (Fsp3) is 0.276. The van der Waals surface area contributed by atoms with Gasteiger partial charge in [0, 0.05) is 51.2 Å². The van der Waals surface area contributed by atoms with Crippen molar-refractivity contribution in [3.63, 3.8) is 0 Å². The molecule has 0 spiro atoms. The number of urea groups is 1. The number of hydrogen-bond acceptors (Lipinski definition) is 5. The number of para-hydroxylation sites is 1. The van der Waals surface area contributed by atoms with Gasteiger partial charge in [-0.1, -0.05) is 24.3 Å². The van der Waals surface area contributed by atoms with Crippen molar-refractivity contribution in [2.24, 2.45) is 0 Å². The lowest BCUT2D eigenvalue weighted by atomic mass is 10.1. The first kappa shape index (κ1) is 28.5. The molecule has 4 rings (SSSR count). The van der Waals surface area contributed by atoms with E-state index in [1.165, 1.54) is 31.4 Å². The van der Waals surface area contributed by atoms with Gasteiger partial charge in [-0.25, -0.2) is 13.6 Å². The zero-order chi connectivity index (χ0) is 28.5. The standard InChI is InChI=1S/C29H31F2N5O4/c1-40-19-27(37)33-22-11-12-26(23(17-22)28(38)32-18-20-7-9-21(30)10-8-20)35-13-4-14-36(16-15-35)29(39)34-25-6-3-2-5-24(25)31/h2-3,5-12,17H,4,13-16,18-19H2,1H3,(H,32,38)(H,33,37)(H,34,39). The topological polar surface area (TPSA) is 103 Å². The van der Waals surface area contributed by atoms with Gasteiger partial charge in [0.1, 0.15) is 18.2 Å². The quantitative estimate of drug-likeness (QED) is 0.389. The Morgan fingerprint density at radius 2 is 1.68 bits per heavy atom. The molecule has 0 bridgehead atoms. The van der Waals surface area contributed by atoms with Crippen LogP contribution in [-0.2, 0) is 16.1 Å². The van der Waals surface area contributed by atoms with Crippen LogP contribution in [0.25, 0.3) is 0 Å². The third-order valence-electron chi connectivity index (χ3n) is 6.41. The van der Waals surface area contributed by atoms with Crippen LogP contribution in [0.2, 0.25) is 0 Å². The maximum absolute atomic E-state index is 14.0. The summed E-state index contributed by atoms with van der Waals surface area (Å²) in [5.74, 6) is -1.62. The molecule has 3 aromatic carbocycles. The zero-order valence-corrected chi connectivity index (χ0v) is 22.1. The Morgan fingerprint density at radius 1 is 0.900 bits per heavy atom. The van der Waals surface area contributed by atoms with Gasteiger partial charge in [-0.15, -0.1) is 0 Å². The van der Waals surface area contributed by atoms with E-state index < -0.39 is 11.8 Å². The molecule has 0 unspecified atom stereocenters. The molecule has 11 heteroatoms. The molecule has 0 aromatic heterocycles. The number of nitrogens with one attached hydrogen (secondary N) is 3. The van der Waals surface area contributed by atoms with Crippen molar-refractivity contribution < 1.29 is 27.9 Å². The lowest BCUT2D eigenvalue weighted by molar-refractivity contribution is -0.119. The van der Waals surface area contributed by atoms with Gasteiger partial charge in [0.25, 0.3) is 5.91 Å². The molecule has 1 aliphatic rings. The summed E-state index contributed by atoms with van der Waals surface area (Å²) in [5.41, 5.74) is 2.24. The molecule has 210 valence electrons. The van der Waals surface area contributed by atoms with Crippen LogP contribution in [0.3, 0.4) is 0 Å². The Morgan fingerprint density at radius 3 is 2.42 bits per heavy atom. The van der Waals surface area contributed by atoms with Gasteiger partial charge in [0.05, 0.1) is 11.3 Å². The monoisotopic (exact) mass is 551 g/mol. The molecule has 0 radical (unpaired) electrons. The molecule has 3 N–H and O–H groups in total. The molecule has 1 saturated heterocycles. The normalized spacial score (nSPS) is 13.4. The van der Waals surface area contributed by atoms with Crippen LogP contribution in [0.5, 0.6) is 0 Å². The molecular weight excluding hydrogens is 520 g/mol. The second kappa shape index (κ2) is 13.5. The van der Waals surface area contributed by atoms with E-state index in [0.29, 0.717) is 49.5 Å². The summed E-state index contributed by atoms with van der Waals surface area (Å²) >= 11 is 0. The van der Waals surface area contributed by atoms with Gasteiger partial charge >= 0.3 is 6.03 Å². The van der Waals surface area contributed by atoms with Crippen molar-refractivity contribution in [2.45, 2.75) is 13.0 Å². The minimum absolute atomic E-state index is 0.111. The number of anilines is 3.